The van der Waals surface area contributed by atoms with Crippen molar-refractivity contribution in [2.75, 3.05) is 19.6 Å². The van der Waals surface area contributed by atoms with E-state index in [1.165, 1.54) is 6.42 Å². The fourth-order valence-electron chi connectivity index (χ4n) is 2.88. The quantitative estimate of drug-likeness (QED) is 0.628. The van der Waals surface area contributed by atoms with Crippen molar-refractivity contribution in [1.29, 1.82) is 0 Å². The fraction of sp³-hybridized carbons (Fsp3) is 0.600. The summed E-state index contributed by atoms with van der Waals surface area (Å²) >= 11 is 3.31. The first-order valence-electron chi connectivity index (χ1n) is 7.49. The monoisotopic (exact) mass is 355 g/mol. The van der Waals surface area contributed by atoms with E-state index in [1.54, 1.807) is 6.07 Å². The van der Waals surface area contributed by atoms with Crippen LogP contribution in [0.2, 0.25) is 0 Å². The number of nitro groups is 1. The van der Waals surface area contributed by atoms with Crippen molar-refractivity contribution in [2.24, 2.45) is 0 Å². The van der Waals surface area contributed by atoms with Gasteiger partial charge in [-0.1, -0.05) is 22.9 Å². The molecule has 0 radical (unpaired) electrons. The minimum Gasteiger partial charge on any atom is -0.315 e. The summed E-state index contributed by atoms with van der Waals surface area (Å²) in [5.41, 5.74) is 0.997. The third kappa shape index (κ3) is 4.49. The second-order valence-electron chi connectivity index (χ2n) is 5.50. The molecule has 0 spiro atoms. The molecule has 2 rings (SSSR count). The van der Waals surface area contributed by atoms with Crippen molar-refractivity contribution < 1.29 is 4.92 Å². The molecule has 1 unspecified atom stereocenters. The van der Waals surface area contributed by atoms with E-state index in [1.807, 2.05) is 12.1 Å². The molecule has 1 N–H and O–H groups in total. The van der Waals surface area contributed by atoms with Gasteiger partial charge >= 0.3 is 0 Å². The van der Waals surface area contributed by atoms with Gasteiger partial charge in [0.2, 0.25) is 0 Å². The third-order valence-electron chi connectivity index (χ3n) is 3.92. The van der Waals surface area contributed by atoms with Gasteiger partial charge in [-0.05, 0) is 44.5 Å². The van der Waals surface area contributed by atoms with Crippen LogP contribution in [0.15, 0.2) is 22.7 Å². The highest BCUT2D eigenvalue weighted by Gasteiger charge is 2.23. The Morgan fingerprint density at radius 1 is 1.52 bits per heavy atom. The molecule has 1 aliphatic rings. The van der Waals surface area contributed by atoms with Gasteiger partial charge in [0, 0.05) is 35.2 Å². The molecule has 21 heavy (non-hydrogen) atoms. The van der Waals surface area contributed by atoms with E-state index in [0.29, 0.717) is 12.6 Å². The summed E-state index contributed by atoms with van der Waals surface area (Å²) in [5.74, 6) is 0. The molecule has 0 saturated carbocycles. The van der Waals surface area contributed by atoms with Crippen LogP contribution in [0.1, 0.15) is 31.7 Å². The number of piperidine rings is 1. The molecule has 6 heteroatoms. The van der Waals surface area contributed by atoms with Crippen LogP contribution in [0.25, 0.3) is 0 Å². The Morgan fingerprint density at radius 2 is 2.33 bits per heavy atom. The zero-order valence-electron chi connectivity index (χ0n) is 12.3. The molecule has 116 valence electrons. The SMILES string of the molecule is CCCN(Cc1ccc(Br)cc1[N+](=O)[O-])C1CCCNC1. The number of benzene rings is 1. The second-order valence-corrected chi connectivity index (χ2v) is 6.42. The standard InChI is InChI=1S/C15H22BrN3O2/c1-2-8-18(14-4-3-7-17-10-14)11-12-5-6-13(16)9-15(12)19(20)21/h5-6,9,14,17H,2-4,7-8,10-11H2,1H3. The molecule has 1 aliphatic heterocycles. The molecule has 0 aliphatic carbocycles. The fourth-order valence-corrected chi connectivity index (χ4v) is 3.23. The van der Waals surface area contributed by atoms with E-state index in [9.17, 15) is 10.1 Å². The summed E-state index contributed by atoms with van der Waals surface area (Å²) in [4.78, 5) is 13.3. The second kappa shape index (κ2) is 7.87. The Balaban J connectivity index is 2.17. The summed E-state index contributed by atoms with van der Waals surface area (Å²) in [6.07, 6.45) is 3.39. The average Bonchev–Trinajstić information content (AvgIpc) is 2.49. The van der Waals surface area contributed by atoms with Crippen molar-refractivity contribution in [3.63, 3.8) is 0 Å². The maximum atomic E-state index is 11.2. The highest BCUT2D eigenvalue weighted by Crippen LogP contribution is 2.26. The van der Waals surface area contributed by atoms with E-state index in [-0.39, 0.29) is 10.6 Å². The summed E-state index contributed by atoms with van der Waals surface area (Å²) in [7, 11) is 0. The minimum atomic E-state index is -0.288. The maximum absolute atomic E-state index is 11.2. The van der Waals surface area contributed by atoms with Crippen LogP contribution in [0, 0.1) is 10.1 Å². The predicted molar refractivity (Wildman–Crippen MR) is 87.4 cm³/mol. The van der Waals surface area contributed by atoms with Crippen molar-refractivity contribution in [3.05, 3.63) is 38.3 Å². The van der Waals surface area contributed by atoms with Gasteiger partial charge in [-0.25, -0.2) is 0 Å². The average molecular weight is 356 g/mol. The zero-order chi connectivity index (χ0) is 15.2. The lowest BCUT2D eigenvalue weighted by Gasteiger charge is -2.34. The smallest absolute Gasteiger partial charge is 0.275 e. The van der Waals surface area contributed by atoms with Crippen molar-refractivity contribution >= 4 is 21.6 Å². The number of rotatable bonds is 6. The van der Waals surface area contributed by atoms with E-state index in [4.69, 9.17) is 0 Å². The number of nitrogens with zero attached hydrogens (tertiary/aromatic N) is 2. The van der Waals surface area contributed by atoms with Gasteiger partial charge in [-0.15, -0.1) is 0 Å². The van der Waals surface area contributed by atoms with Crippen LogP contribution in [-0.2, 0) is 6.54 Å². The van der Waals surface area contributed by atoms with E-state index in [0.717, 1.165) is 42.5 Å². The van der Waals surface area contributed by atoms with Crippen LogP contribution < -0.4 is 5.32 Å². The van der Waals surface area contributed by atoms with Crippen molar-refractivity contribution in [1.82, 2.24) is 10.2 Å². The van der Waals surface area contributed by atoms with Crippen LogP contribution in [-0.4, -0.2) is 35.5 Å². The lowest BCUT2D eigenvalue weighted by molar-refractivity contribution is -0.385. The topological polar surface area (TPSA) is 58.4 Å². The van der Waals surface area contributed by atoms with Crippen molar-refractivity contribution in [2.45, 2.75) is 38.8 Å². The number of halogens is 1. The first kappa shape index (κ1) is 16.4. The molecule has 1 fully saturated rings. The molecule has 5 nitrogen and oxygen atoms in total. The first-order valence-corrected chi connectivity index (χ1v) is 8.28. The largest absolute Gasteiger partial charge is 0.315 e. The molecule has 1 atom stereocenters. The Kier molecular flexibility index (Phi) is 6.14. The first-order chi connectivity index (χ1) is 10.1. The number of hydrogen-bond acceptors (Lipinski definition) is 4. The highest BCUT2D eigenvalue weighted by molar-refractivity contribution is 9.10. The van der Waals surface area contributed by atoms with Gasteiger partial charge in [-0.3, -0.25) is 15.0 Å². The highest BCUT2D eigenvalue weighted by atomic mass is 79.9. The Morgan fingerprint density at radius 3 is 2.95 bits per heavy atom. The summed E-state index contributed by atoms with van der Waals surface area (Å²) in [6.45, 7) is 5.82. The molecule has 1 heterocycles. The molecule has 1 saturated heterocycles. The van der Waals surface area contributed by atoms with Crippen LogP contribution in [0.4, 0.5) is 5.69 Å². The maximum Gasteiger partial charge on any atom is 0.275 e. The van der Waals surface area contributed by atoms with Crippen LogP contribution in [0.3, 0.4) is 0 Å². The Labute approximate surface area is 134 Å². The molecule has 1 aromatic rings. The zero-order valence-corrected chi connectivity index (χ0v) is 13.9. The summed E-state index contributed by atoms with van der Waals surface area (Å²) in [5, 5.41) is 14.7. The van der Waals surface area contributed by atoms with E-state index in [2.05, 4.69) is 33.1 Å². The molecule has 0 amide bonds. The normalized spacial score (nSPS) is 18.9. The van der Waals surface area contributed by atoms with Crippen LogP contribution in [0.5, 0.6) is 0 Å². The number of nitro benzene ring substituents is 1. The van der Waals surface area contributed by atoms with Gasteiger partial charge < -0.3 is 5.32 Å². The minimum absolute atomic E-state index is 0.203. The van der Waals surface area contributed by atoms with Gasteiger partial charge in [0.25, 0.3) is 5.69 Å². The third-order valence-corrected chi connectivity index (χ3v) is 4.41. The van der Waals surface area contributed by atoms with Gasteiger partial charge in [0.15, 0.2) is 0 Å². The number of hydrogen-bond donors (Lipinski definition) is 1. The molecular weight excluding hydrogens is 334 g/mol. The van der Waals surface area contributed by atoms with E-state index < -0.39 is 0 Å². The van der Waals surface area contributed by atoms with Crippen molar-refractivity contribution in [3.8, 4) is 0 Å². The number of nitrogens with one attached hydrogen (secondary N) is 1. The van der Waals surface area contributed by atoms with Gasteiger partial charge in [0.1, 0.15) is 0 Å². The molecular formula is C15H22BrN3O2. The lowest BCUT2D eigenvalue weighted by atomic mass is 10.0. The Hall–Kier alpha value is -0.980. The van der Waals surface area contributed by atoms with Crippen LogP contribution >= 0.6 is 15.9 Å². The predicted octanol–water partition coefficient (Wildman–Crippen LogP) is 3.32. The summed E-state index contributed by atoms with van der Waals surface area (Å²) < 4.78 is 0.749. The summed E-state index contributed by atoms with van der Waals surface area (Å²) in [6, 6.07) is 5.81. The molecule has 1 aromatic carbocycles. The van der Waals surface area contributed by atoms with E-state index >= 15 is 0 Å². The lowest BCUT2D eigenvalue weighted by Crippen LogP contribution is -2.45. The molecule has 0 aromatic heterocycles. The van der Waals surface area contributed by atoms with Gasteiger partial charge in [-0.2, -0.15) is 0 Å². The molecule has 0 bridgehead atoms. The van der Waals surface area contributed by atoms with Gasteiger partial charge in [0.05, 0.1) is 4.92 Å². The Bertz CT molecular complexity index is 490.